The van der Waals surface area contributed by atoms with Crippen molar-refractivity contribution in [2.45, 2.75) is 55.9 Å². The average Bonchev–Trinajstić information content (AvgIpc) is 3.08. The van der Waals surface area contributed by atoms with Crippen LogP contribution in [0.25, 0.3) is 0 Å². The Morgan fingerprint density at radius 1 is 1.23 bits per heavy atom. The van der Waals surface area contributed by atoms with E-state index < -0.39 is 16.1 Å². The molecule has 0 N–H and O–H groups in total. The summed E-state index contributed by atoms with van der Waals surface area (Å²) in [7, 11) is -1.50. The number of carbonyl (C=O) groups excluding carboxylic acids is 1. The molecule has 0 aromatic rings. The van der Waals surface area contributed by atoms with Gasteiger partial charge in [-0.1, -0.05) is 12.8 Å². The highest BCUT2D eigenvalue weighted by atomic mass is 32.2. The van der Waals surface area contributed by atoms with Crippen LogP contribution >= 0.6 is 11.8 Å². The van der Waals surface area contributed by atoms with E-state index >= 15 is 0 Å². The second-order valence-corrected chi connectivity index (χ2v) is 10.4. The third kappa shape index (κ3) is 2.31. The van der Waals surface area contributed by atoms with E-state index in [0.29, 0.717) is 29.5 Å². The predicted octanol–water partition coefficient (Wildman–Crippen LogP) is 1.50. The number of carbonyl (C=O) groups is 1. The molecule has 124 valence electrons. The molecule has 0 spiro atoms. The zero-order valence-corrected chi connectivity index (χ0v) is 14.6. The molecule has 0 aromatic heterocycles. The molecular formula is C15H24N2O3S2. The maximum atomic E-state index is 13.0. The van der Waals surface area contributed by atoms with Gasteiger partial charge in [0.1, 0.15) is 6.04 Å². The molecule has 4 rings (SSSR count). The fourth-order valence-corrected chi connectivity index (χ4v) is 8.47. The minimum absolute atomic E-state index is 0.00151. The fraction of sp³-hybridized carbons (Fsp3) is 0.933. The van der Waals surface area contributed by atoms with E-state index in [1.54, 1.807) is 16.7 Å². The van der Waals surface area contributed by atoms with Crippen LogP contribution in [-0.4, -0.2) is 59.5 Å². The minimum Gasteiger partial charge on any atom is -0.341 e. The molecule has 1 aliphatic heterocycles. The Hall–Kier alpha value is -0.270. The number of rotatable bonds is 4. The highest BCUT2D eigenvalue weighted by molar-refractivity contribution is 8.00. The molecule has 4 atom stereocenters. The van der Waals surface area contributed by atoms with Crippen molar-refractivity contribution in [1.29, 1.82) is 0 Å². The summed E-state index contributed by atoms with van der Waals surface area (Å²) in [6, 6.07) is -0.133. The van der Waals surface area contributed by atoms with E-state index in [2.05, 4.69) is 0 Å². The van der Waals surface area contributed by atoms with Gasteiger partial charge in [-0.25, -0.2) is 8.42 Å². The van der Waals surface area contributed by atoms with Gasteiger partial charge < -0.3 is 4.90 Å². The number of sulfonamides is 1. The van der Waals surface area contributed by atoms with Crippen LogP contribution in [0.4, 0.5) is 0 Å². The third-order valence-electron chi connectivity index (χ3n) is 6.01. The van der Waals surface area contributed by atoms with Crippen molar-refractivity contribution in [3.8, 4) is 0 Å². The monoisotopic (exact) mass is 344 g/mol. The molecule has 3 saturated carbocycles. The summed E-state index contributed by atoms with van der Waals surface area (Å²) in [6.45, 7) is 0. The normalized spacial score (nSPS) is 38.6. The minimum atomic E-state index is -3.32. The molecule has 7 heteroatoms. The Morgan fingerprint density at radius 3 is 2.68 bits per heavy atom. The van der Waals surface area contributed by atoms with Crippen LogP contribution in [0.5, 0.6) is 0 Å². The van der Waals surface area contributed by atoms with Gasteiger partial charge in [0.05, 0.1) is 11.1 Å². The smallest absolute Gasteiger partial charge is 0.241 e. The summed E-state index contributed by atoms with van der Waals surface area (Å²) in [4.78, 5) is 14.4. The maximum Gasteiger partial charge on any atom is 0.241 e. The van der Waals surface area contributed by atoms with E-state index in [4.69, 9.17) is 0 Å². The van der Waals surface area contributed by atoms with Crippen LogP contribution in [0.3, 0.4) is 0 Å². The van der Waals surface area contributed by atoms with Gasteiger partial charge >= 0.3 is 0 Å². The molecule has 4 unspecified atom stereocenters. The molecule has 3 aliphatic carbocycles. The van der Waals surface area contributed by atoms with E-state index in [0.717, 1.165) is 25.7 Å². The number of amides is 1. The molecule has 4 fully saturated rings. The Bertz CT molecular complexity index is 575. The lowest BCUT2D eigenvalue weighted by Gasteiger charge is -2.42. The zero-order chi connectivity index (χ0) is 15.5. The molecular weight excluding hydrogens is 320 g/mol. The average molecular weight is 345 g/mol. The summed E-state index contributed by atoms with van der Waals surface area (Å²) in [5.74, 6) is 2.03. The van der Waals surface area contributed by atoms with E-state index in [1.165, 1.54) is 17.1 Å². The van der Waals surface area contributed by atoms with Crippen molar-refractivity contribution >= 4 is 27.7 Å². The first-order valence-electron chi connectivity index (χ1n) is 8.35. The van der Waals surface area contributed by atoms with Crippen LogP contribution in [0, 0.1) is 11.8 Å². The second-order valence-electron chi connectivity index (χ2n) is 7.26. The highest BCUT2D eigenvalue weighted by Gasteiger charge is 2.54. The first-order chi connectivity index (χ1) is 10.5. The summed E-state index contributed by atoms with van der Waals surface area (Å²) in [6.07, 6.45) is 6.34. The topological polar surface area (TPSA) is 57.7 Å². The summed E-state index contributed by atoms with van der Waals surface area (Å²) in [5, 5.41) is -0.222. The van der Waals surface area contributed by atoms with Gasteiger partial charge in [0.2, 0.25) is 15.9 Å². The number of likely N-dealkylation sites (N-methyl/N-ethyl adjacent to an activating group) is 1. The molecule has 0 aromatic carbocycles. The van der Waals surface area contributed by atoms with Gasteiger partial charge in [0.25, 0.3) is 0 Å². The first-order valence-corrected chi connectivity index (χ1v) is 11.0. The highest BCUT2D eigenvalue weighted by Crippen LogP contribution is 2.51. The predicted molar refractivity (Wildman–Crippen MR) is 86.9 cm³/mol. The van der Waals surface area contributed by atoms with E-state index in [1.807, 2.05) is 7.05 Å². The van der Waals surface area contributed by atoms with Crippen molar-refractivity contribution in [2.24, 2.45) is 11.8 Å². The van der Waals surface area contributed by atoms with Gasteiger partial charge in [0, 0.05) is 18.8 Å². The van der Waals surface area contributed by atoms with Crippen LogP contribution in [0.1, 0.15) is 38.5 Å². The Kier molecular flexibility index (Phi) is 3.73. The Balaban J connectivity index is 1.51. The Morgan fingerprint density at radius 2 is 2.00 bits per heavy atom. The zero-order valence-electron chi connectivity index (χ0n) is 13.0. The number of hydrogen-bond donors (Lipinski definition) is 0. The quantitative estimate of drug-likeness (QED) is 0.775. The number of thioether (sulfide) groups is 1. The van der Waals surface area contributed by atoms with Crippen molar-refractivity contribution < 1.29 is 13.2 Å². The maximum absolute atomic E-state index is 13.0. The van der Waals surface area contributed by atoms with Gasteiger partial charge in [-0.05, 0) is 37.5 Å². The lowest BCUT2D eigenvalue weighted by molar-refractivity contribution is -0.133. The van der Waals surface area contributed by atoms with Crippen molar-refractivity contribution in [1.82, 2.24) is 9.21 Å². The van der Waals surface area contributed by atoms with Crippen LogP contribution in [0.15, 0.2) is 0 Å². The van der Waals surface area contributed by atoms with Crippen molar-refractivity contribution in [2.75, 3.05) is 18.7 Å². The van der Waals surface area contributed by atoms with Crippen LogP contribution in [0.2, 0.25) is 0 Å². The molecule has 22 heavy (non-hydrogen) atoms. The van der Waals surface area contributed by atoms with Gasteiger partial charge in [-0.2, -0.15) is 4.31 Å². The van der Waals surface area contributed by atoms with Gasteiger partial charge in [0.15, 0.2) is 0 Å². The number of hydrogen-bond acceptors (Lipinski definition) is 4. The molecule has 4 aliphatic rings. The molecule has 0 radical (unpaired) electrons. The molecule has 1 amide bonds. The molecule has 5 nitrogen and oxygen atoms in total. The number of fused-ring (bicyclic) bond motifs is 1. The van der Waals surface area contributed by atoms with E-state index in [-0.39, 0.29) is 11.2 Å². The van der Waals surface area contributed by atoms with Crippen LogP contribution in [-0.2, 0) is 14.8 Å². The standard InChI is InChI=1S/C15H24N2O3S2/c1-16(11-5-6-11)15(18)13-8-21-9-17(13)22(19,20)14-7-10-3-2-4-12(10)14/h10-14H,2-9H2,1H3. The third-order valence-corrected chi connectivity index (χ3v) is 9.53. The lowest BCUT2D eigenvalue weighted by Crippen LogP contribution is -2.55. The Labute approximate surface area is 136 Å². The summed E-state index contributed by atoms with van der Waals surface area (Å²) < 4.78 is 27.6. The molecule has 0 bridgehead atoms. The molecule has 1 saturated heterocycles. The fourth-order valence-electron chi connectivity index (χ4n) is 4.39. The van der Waals surface area contributed by atoms with Gasteiger partial charge in [-0.3, -0.25) is 4.79 Å². The van der Waals surface area contributed by atoms with Crippen molar-refractivity contribution in [3.05, 3.63) is 0 Å². The lowest BCUT2D eigenvalue weighted by atomic mass is 9.76. The van der Waals surface area contributed by atoms with Crippen molar-refractivity contribution in [3.63, 3.8) is 0 Å². The molecule has 1 heterocycles. The van der Waals surface area contributed by atoms with Crippen LogP contribution < -0.4 is 0 Å². The SMILES string of the molecule is CN(C(=O)C1CSCN1S(=O)(=O)C1CC2CCCC21)C1CC1. The van der Waals surface area contributed by atoms with E-state index in [9.17, 15) is 13.2 Å². The first kappa shape index (κ1) is 15.3. The largest absolute Gasteiger partial charge is 0.341 e. The number of nitrogens with zero attached hydrogens (tertiary/aromatic N) is 2. The summed E-state index contributed by atoms with van der Waals surface area (Å²) >= 11 is 1.57. The van der Waals surface area contributed by atoms with Gasteiger partial charge in [-0.15, -0.1) is 11.8 Å². The second kappa shape index (κ2) is 5.38. The summed E-state index contributed by atoms with van der Waals surface area (Å²) in [5.41, 5.74) is 0.